The average molecular weight is 227 g/mol. The first kappa shape index (κ1) is 12.5. The lowest BCUT2D eigenvalue weighted by Gasteiger charge is -2.19. The minimum atomic E-state index is 0.607. The van der Waals surface area contributed by atoms with Crippen LogP contribution < -0.4 is 10.6 Å². The first-order chi connectivity index (χ1) is 7.22. The van der Waals surface area contributed by atoms with Crippen molar-refractivity contribution in [1.29, 1.82) is 0 Å². The molecule has 0 aromatic carbocycles. The molecule has 0 saturated carbocycles. The molecule has 2 N–H and O–H groups in total. The quantitative estimate of drug-likeness (QED) is 0.812. The van der Waals surface area contributed by atoms with Gasteiger partial charge in [-0.2, -0.15) is 0 Å². The molecule has 15 heavy (non-hydrogen) atoms. The van der Waals surface area contributed by atoms with E-state index >= 15 is 0 Å². The topological polar surface area (TPSA) is 42.2 Å². The minimum Gasteiger partial charge on any atom is -0.348 e. The summed E-state index contributed by atoms with van der Waals surface area (Å²) in [6.07, 6.45) is 2.33. The van der Waals surface area contributed by atoms with Crippen molar-refractivity contribution < 1.29 is 0 Å². The molecule has 0 amide bonds. The zero-order valence-corrected chi connectivity index (χ0v) is 10.7. The summed E-state index contributed by atoms with van der Waals surface area (Å²) >= 11 is 1.74. The molecule has 0 radical (unpaired) electrons. The maximum atomic E-state index is 5.66. The maximum absolute atomic E-state index is 5.66. The Labute approximate surface area is 96.3 Å². The van der Waals surface area contributed by atoms with Crippen molar-refractivity contribution in [3.63, 3.8) is 0 Å². The van der Waals surface area contributed by atoms with Gasteiger partial charge in [0.05, 0.1) is 5.69 Å². The van der Waals surface area contributed by atoms with Crippen LogP contribution in [0.2, 0.25) is 0 Å². The molecule has 3 nitrogen and oxygen atoms in total. The molecular formula is C11H21N3S. The van der Waals surface area contributed by atoms with Crippen LogP contribution in [-0.4, -0.2) is 18.1 Å². The van der Waals surface area contributed by atoms with Crippen LogP contribution in [-0.2, 0) is 6.54 Å². The van der Waals surface area contributed by atoms with Crippen LogP contribution in [0.25, 0.3) is 0 Å². The first-order valence-electron chi connectivity index (χ1n) is 5.64. The van der Waals surface area contributed by atoms with Crippen molar-refractivity contribution in [2.75, 3.05) is 18.0 Å². The van der Waals surface area contributed by atoms with Gasteiger partial charge in [0.1, 0.15) is 0 Å². The van der Waals surface area contributed by atoms with Gasteiger partial charge in [0.25, 0.3) is 0 Å². The summed E-state index contributed by atoms with van der Waals surface area (Å²) in [7, 11) is 0. The van der Waals surface area contributed by atoms with E-state index in [-0.39, 0.29) is 0 Å². The van der Waals surface area contributed by atoms with E-state index in [1.54, 1.807) is 11.3 Å². The van der Waals surface area contributed by atoms with E-state index in [1.165, 1.54) is 4.88 Å². The van der Waals surface area contributed by atoms with Crippen LogP contribution in [0.4, 0.5) is 5.13 Å². The molecule has 1 rings (SSSR count). The van der Waals surface area contributed by atoms with Gasteiger partial charge in [-0.25, -0.2) is 4.98 Å². The number of thiazole rings is 1. The molecule has 0 aliphatic rings. The van der Waals surface area contributed by atoms with Gasteiger partial charge in [0, 0.05) is 24.5 Å². The van der Waals surface area contributed by atoms with Crippen molar-refractivity contribution in [2.45, 2.75) is 40.2 Å². The van der Waals surface area contributed by atoms with Gasteiger partial charge in [-0.1, -0.05) is 13.8 Å². The number of aryl methyl sites for hydroxylation is 1. The van der Waals surface area contributed by atoms with E-state index in [0.717, 1.165) is 36.8 Å². The Kier molecular flexibility index (Phi) is 5.05. The molecule has 86 valence electrons. The van der Waals surface area contributed by atoms with Gasteiger partial charge in [0.15, 0.2) is 5.13 Å². The Morgan fingerprint density at radius 1 is 1.27 bits per heavy atom. The minimum absolute atomic E-state index is 0.607. The average Bonchev–Trinajstić information content (AvgIpc) is 2.59. The van der Waals surface area contributed by atoms with Crippen molar-refractivity contribution >= 4 is 16.5 Å². The van der Waals surface area contributed by atoms with E-state index in [2.05, 4.69) is 23.7 Å². The molecule has 0 fully saturated rings. The number of rotatable bonds is 6. The Bertz CT molecular complexity index is 290. The van der Waals surface area contributed by atoms with Crippen LogP contribution in [0.15, 0.2) is 0 Å². The molecular weight excluding hydrogens is 206 g/mol. The summed E-state index contributed by atoms with van der Waals surface area (Å²) < 4.78 is 0. The molecule has 0 saturated heterocycles. The molecule has 1 heterocycles. The Balaban J connectivity index is 2.80. The van der Waals surface area contributed by atoms with E-state index in [9.17, 15) is 0 Å². The highest BCUT2D eigenvalue weighted by atomic mass is 32.1. The molecule has 0 aliphatic heterocycles. The summed E-state index contributed by atoms with van der Waals surface area (Å²) in [5.41, 5.74) is 6.76. The molecule has 0 unspecified atom stereocenters. The third-order valence-corrected chi connectivity index (χ3v) is 3.56. The van der Waals surface area contributed by atoms with Gasteiger partial charge in [-0.05, 0) is 19.8 Å². The van der Waals surface area contributed by atoms with E-state index < -0.39 is 0 Å². The second kappa shape index (κ2) is 6.08. The number of nitrogens with two attached hydrogens (primary N) is 1. The third-order valence-electron chi connectivity index (χ3n) is 2.32. The number of hydrogen-bond donors (Lipinski definition) is 1. The van der Waals surface area contributed by atoms with Crippen LogP contribution in [0, 0.1) is 6.92 Å². The Hall–Kier alpha value is -0.610. The van der Waals surface area contributed by atoms with Crippen molar-refractivity contribution in [3.05, 3.63) is 10.6 Å². The van der Waals surface area contributed by atoms with Crippen LogP contribution in [0.3, 0.4) is 0 Å². The lowest BCUT2D eigenvalue weighted by atomic mass is 10.4. The SMILES string of the molecule is CCCN(CCC)c1nc(C)c(CN)s1. The fraction of sp³-hybridized carbons (Fsp3) is 0.727. The standard InChI is InChI=1S/C11H21N3S/c1-4-6-14(7-5-2)11-13-9(3)10(8-12)15-11/h4-8,12H2,1-3H3. The summed E-state index contributed by atoms with van der Waals surface area (Å²) in [6.45, 7) is 9.23. The van der Waals surface area contributed by atoms with Crippen molar-refractivity contribution in [2.24, 2.45) is 5.73 Å². The monoisotopic (exact) mass is 227 g/mol. The predicted octanol–water partition coefficient (Wildman–Crippen LogP) is 2.54. The van der Waals surface area contributed by atoms with Crippen molar-refractivity contribution in [1.82, 2.24) is 4.98 Å². The highest BCUT2D eigenvalue weighted by Gasteiger charge is 2.11. The summed E-state index contributed by atoms with van der Waals surface area (Å²) in [4.78, 5) is 8.15. The zero-order chi connectivity index (χ0) is 11.3. The smallest absolute Gasteiger partial charge is 0.185 e. The van der Waals surface area contributed by atoms with E-state index in [1.807, 2.05) is 6.92 Å². The van der Waals surface area contributed by atoms with Gasteiger partial charge in [-0.3, -0.25) is 0 Å². The highest BCUT2D eigenvalue weighted by molar-refractivity contribution is 7.15. The van der Waals surface area contributed by atoms with E-state index in [4.69, 9.17) is 5.73 Å². The second-order valence-electron chi connectivity index (χ2n) is 3.70. The first-order valence-corrected chi connectivity index (χ1v) is 6.45. The van der Waals surface area contributed by atoms with Crippen LogP contribution in [0.5, 0.6) is 0 Å². The molecule has 0 aliphatic carbocycles. The molecule has 0 bridgehead atoms. The fourth-order valence-corrected chi connectivity index (χ4v) is 2.57. The van der Waals surface area contributed by atoms with E-state index in [0.29, 0.717) is 6.54 Å². The van der Waals surface area contributed by atoms with Gasteiger partial charge in [0.2, 0.25) is 0 Å². The van der Waals surface area contributed by atoms with Gasteiger partial charge < -0.3 is 10.6 Å². The molecule has 1 aromatic rings. The largest absolute Gasteiger partial charge is 0.348 e. The number of anilines is 1. The van der Waals surface area contributed by atoms with Crippen molar-refractivity contribution in [3.8, 4) is 0 Å². The van der Waals surface area contributed by atoms with Gasteiger partial charge in [-0.15, -0.1) is 11.3 Å². The Morgan fingerprint density at radius 3 is 2.27 bits per heavy atom. The summed E-state index contributed by atoms with van der Waals surface area (Å²) in [5, 5.41) is 1.14. The van der Waals surface area contributed by atoms with Crippen LogP contribution >= 0.6 is 11.3 Å². The normalized spacial score (nSPS) is 10.7. The highest BCUT2D eigenvalue weighted by Crippen LogP contribution is 2.25. The Morgan fingerprint density at radius 2 is 1.87 bits per heavy atom. The molecule has 0 spiro atoms. The third kappa shape index (κ3) is 3.18. The number of nitrogens with zero attached hydrogens (tertiary/aromatic N) is 2. The number of hydrogen-bond acceptors (Lipinski definition) is 4. The second-order valence-corrected chi connectivity index (χ2v) is 4.76. The fourth-order valence-electron chi connectivity index (χ4n) is 1.58. The predicted molar refractivity (Wildman–Crippen MR) is 67.5 cm³/mol. The summed E-state index contributed by atoms with van der Waals surface area (Å²) in [6, 6.07) is 0. The lowest BCUT2D eigenvalue weighted by Crippen LogP contribution is -2.24. The summed E-state index contributed by atoms with van der Waals surface area (Å²) in [5.74, 6) is 0. The number of aromatic nitrogens is 1. The zero-order valence-electron chi connectivity index (χ0n) is 9.92. The van der Waals surface area contributed by atoms with Gasteiger partial charge >= 0.3 is 0 Å². The molecule has 1 aromatic heterocycles. The maximum Gasteiger partial charge on any atom is 0.185 e. The lowest BCUT2D eigenvalue weighted by molar-refractivity contribution is 0.741. The molecule has 4 heteroatoms. The van der Waals surface area contributed by atoms with Crippen LogP contribution in [0.1, 0.15) is 37.3 Å². The molecule has 0 atom stereocenters.